The maximum Gasteiger partial charge on any atom is 0.264 e. The molecule has 0 unspecified atom stereocenters. The maximum atomic E-state index is 12.2. The van der Waals surface area contributed by atoms with E-state index in [-0.39, 0.29) is 5.91 Å². The Kier molecular flexibility index (Phi) is 5.16. The van der Waals surface area contributed by atoms with Crippen LogP contribution in [-0.4, -0.2) is 18.2 Å². The molecule has 0 bridgehead atoms. The van der Waals surface area contributed by atoms with Gasteiger partial charge in [0, 0.05) is 5.02 Å². The smallest absolute Gasteiger partial charge is 0.264 e. The second kappa shape index (κ2) is 7.33. The lowest BCUT2D eigenvalue weighted by Gasteiger charge is -2.05. The summed E-state index contributed by atoms with van der Waals surface area (Å²) in [5.74, 6) is 0.629. The van der Waals surface area contributed by atoms with E-state index < -0.39 is 0 Å². The minimum absolute atomic E-state index is 0.164. The molecular weight excluding hydrogens is 356 g/mol. The highest BCUT2D eigenvalue weighted by molar-refractivity contribution is 8.18. The van der Waals surface area contributed by atoms with Gasteiger partial charge in [0.1, 0.15) is 5.75 Å². The Hall–Kier alpha value is -2.24. The van der Waals surface area contributed by atoms with Gasteiger partial charge in [-0.2, -0.15) is 0 Å². The summed E-state index contributed by atoms with van der Waals surface area (Å²) in [5.41, 5.74) is 3.69. The van der Waals surface area contributed by atoms with E-state index in [4.69, 9.17) is 16.3 Å². The number of amidine groups is 1. The standard InChI is InChI=1S/C19H17ClN2O2S/c1-11-5-7-14(20)10-15(11)21-19-22-18(23)17(25-19)9-13-6-4-12(2)16(8-13)24-3/h4-10H,1-3H3,(H,21,22,23)/b17-9-. The van der Waals surface area contributed by atoms with Gasteiger partial charge in [-0.15, -0.1) is 0 Å². The van der Waals surface area contributed by atoms with E-state index >= 15 is 0 Å². The molecule has 1 N–H and O–H groups in total. The predicted octanol–water partition coefficient (Wildman–Crippen LogP) is 4.86. The molecule has 1 aliphatic heterocycles. The SMILES string of the molecule is COc1cc(/C=C2\SC(=Nc3cc(Cl)ccc3C)NC2=O)ccc1C. The number of methoxy groups -OCH3 is 1. The molecule has 0 aromatic heterocycles. The van der Waals surface area contributed by atoms with Crippen LogP contribution >= 0.6 is 23.4 Å². The first-order chi connectivity index (χ1) is 12.0. The van der Waals surface area contributed by atoms with E-state index in [1.165, 1.54) is 11.8 Å². The Balaban J connectivity index is 1.87. The summed E-state index contributed by atoms with van der Waals surface area (Å²) in [6, 6.07) is 11.3. The number of ether oxygens (including phenoxy) is 1. The first-order valence-corrected chi connectivity index (χ1v) is 8.86. The monoisotopic (exact) mass is 372 g/mol. The molecule has 6 heteroatoms. The third-order valence-electron chi connectivity index (χ3n) is 3.77. The first-order valence-electron chi connectivity index (χ1n) is 7.66. The van der Waals surface area contributed by atoms with Crippen molar-refractivity contribution in [1.82, 2.24) is 5.32 Å². The number of aliphatic imine (C=N–C) groups is 1. The number of thioether (sulfide) groups is 1. The summed E-state index contributed by atoms with van der Waals surface area (Å²) in [6.45, 7) is 3.93. The molecule has 0 aliphatic carbocycles. The van der Waals surface area contributed by atoms with E-state index in [0.717, 1.165) is 28.1 Å². The Bertz CT molecular complexity index is 906. The number of halogens is 1. The number of hydrogen-bond acceptors (Lipinski definition) is 4. The molecular formula is C19H17ClN2O2S. The van der Waals surface area contributed by atoms with Gasteiger partial charge in [-0.25, -0.2) is 4.99 Å². The summed E-state index contributed by atoms with van der Waals surface area (Å²) in [4.78, 5) is 17.3. The van der Waals surface area contributed by atoms with Crippen LogP contribution < -0.4 is 10.1 Å². The molecule has 1 saturated heterocycles. The van der Waals surface area contributed by atoms with Crippen molar-refractivity contribution in [2.75, 3.05) is 7.11 Å². The molecule has 0 atom stereocenters. The zero-order valence-corrected chi connectivity index (χ0v) is 15.7. The van der Waals surface area contributed by atoms with E-state index in [9.17, 15) is 4.79 Å². The van der Waals surface area contributed by atoms with Crippen LogP contribution in [0.3, 0.4) is 0 Å². The minimum Gasteiger partial charge on any atom is -0.496 e. The summed E-state index contributed by atoms with van der Waals surface area (Å²) >= 11 is 7.33. The van der Waals surface area contributed by atoms with Crippen LogP contribution in [0.4, 0.5) is 5.69 Å². The molecule has 2 aromatic rings. The Morgan fingerprint density at radius 1 is 1.16 bits per heavy atom. The first kappa shape index (κ1) is 17.6. The van der Waals surface area contributed by atoms with Gasteiger partial charge in [0.15, 0.2) is 5.17 Å². The van der Waals surface area contributed by atoms with Crippen LogP contribution in [0.2, 0.25) is 5.02 Å². The molecule has 1 aliphatic rings. The quantitative estimate of drug-likeness (QED) is 0.783. The highest BCUT2D eigenvalue weighted by Crippen LogP contribution is 2.31. The third kappa shape index (κ3) is 4.06. The van der Waals surface area contributed by atoms with Crippen LogP contribution in [-0.2, 0) is 4.79 Å². The Labute approximate surface area is 155 Å². The van der Waals surface area contributed by atoms with Crippen molar-refractivity contribution < 1.29 is 9.53 Å². The van der Waals surface area contributed by atoms with Crippen LogP contribution in [0, 0.1) is 13.8 Å². The summed E-state index contributed by atoms with van der Waals surface area (Å²) < 4.78 is 5.33. The zero-order chi connectivity index (χ0) is 18.0. The van der Waals surface area contributed by atoms with Gasteiger partial charge in [-0.05, 0) is 66.6 Å². The van der Waals surface area contributed by atoms with Crippen molar-refractivity contribution in [2.24, 2.45) is 4.99 Å². The molecule has 0 saturated carbocycles. The van der Waals surface area contributed by atoms with Crippen LogP contribution in [0.15, 0.2) is 46.3 Å². The Morgan fingerprint density at radius 3 is 2.68 bits per heavy atom. The fraction of sp³-hybridized carbons (Fsp3) is 0.158. The van der Waals surface area contributed by atoms with Gasteiger partial charge >= 0.3 is 0 Å². The van der Waals surface area contributed by atoms with Crippen LogP contribution in [0.1, 0.15) is 16.7 Å². The van der Waals surface area contributed by atoms with Gasteiger partial charge in [0.2, 0.25) is 0 Å². The van der Waals surface area contributed by atoms with Gasteiger partial charge in [-0.3, -0.25) is 4.79 Å². The lowest BCUT2D eigenvalue weighted by Crippen LogP contribution is -2.19. The highest BCUT2D eigenvalue weighted by Gasteiger charge is 2.24. The number of hydrogen-bond donors (Lipinski definition) is 1. The fourth-order valence-electron chi connectivity index (χ4n) is 2.37. The van der Waals surface area contributed by atoms with Gasteiger partial charge in [0.25, 0.3) is 5.91 Å². The molecule has 4 nitrogen and oxygen atoms in total. The van der Waals surface area contributed by atoms with E-state index in [1.807, 2.05) is 50.3 Å². The lowest BCUT2D eigenvalue weighted by molar-refractivity contribution is -0.115. The number of benzene rings is 2. The lowest BCUT2D eigenvalue weighted by atomic mass is 10.1. The fourth-order valence-corrected chi connectivity index (χ4v) is 3.37. The normalized spacial score (nSPS) is 17.2. The maximum absolute atomic E-state index is 12.2. The van der Waals surface area contributed by atoms with E-state index in [2.05, 4.69) is 10.3 Å². The number of aryl methyl sites for hydroxylation is 2. The van der Waals surface area contributed by atoms with Crippen molar-refractivity contribution in [2.45, 2.75) is 13.8 Å². The Morgan fingerprint density at radius 2 is 1.92 bits per heavy atom. The summed E-state index contributed by atoms with van der Waals surface area (Å²) in [5, 5.41) is 3.95. The average molecular weight is 373 g/mol. The number of rotatable bonds is 3. The molecule has 3 rings (SSSR count). The molecule has 1 fully saturated rings. The molecule has 2 aromatic carbocycles. The molecule has 128 valence electrons. The molecule has 25 heavy (non-hydrogen) atoms. The van der Waals surface area contributed by atoms with Crippen molar-refractivity contribution in [3.63, 3.8) is 0 Å². The number of carbonyl (C=O) groups is 1. The van der Waals surface area contributed by atoms with Crippen molar-refractivity contribution in [1.29, 1.82) is 0 Å². The van der Waals surface area contributed by atoms with E-state index in [1.54, 1.807) is 13.2 Å². The topological polar surface area (TPSA) is 50.7 Å². The molecule has 0 radical (unpaired) electrons. The molecule has 0 spiro atoms. The third-order valence-corrected chi connectivity index (χ3v) is 4.92. The largest absolute Gasteiger partial charge is 0.496 e. The number of carbonyl (C=O) groups excluding carboxylic acids is 1. The predicted molar refractivity (Wildman–Crippen MR) is 105 cm³/mol. The number of nitrogens with zero attached hydrogens (tertiary/aromatic N) is 1. The summed E-state index contributed by atoms with van der Waals surface area (Å²) in [7, 11) is 1.63. The van der Waals surface area contributed by atoms with Gasteiger partial charge < -0.3 is 10.1 Å². The molecule has 1 amide bonds. The van der Waals surface area contributed by atoms with Gasteiger partial charge in [-0.1, -0.05) is 29.8 Å². The van der Waals surface area contributed by atoms with Gasteiger partial charge in [0.05, 0.1) is 17.7 Å². The number of amides is 1. The molecule has 1 heterocycles. The van der Waals surface area contributed by atoms with Crippen molar-refractivity contribution in [3.8, 4) is 5.75 Å². The van der Waals surface area contributed by atoms with Crippen LogP contribution in [0.25, 0.3) is 6.08 Å². The average Bonchev–Trinajstić information content (AvgIpc) is 2.92. The summed E-state index contributed by atoms with van der Waals surface area (Å²) in [6.07, 6.45) is 1.83. The number of nitrogens with one attached hydrogen (secondary N) is 1. The van der Waals surface area contributed by atoms with E-state index in [0.29, 0.717) is 15.1 Å². The minimum atomic E-state index is -0.164. The van der Waals surface area contributed by atoms with Crippen LogP contribution in [0.5, 0.6) is 5.75 Å². The zero-order valence-electron chi connectivity index (χ0n) is 14.1. The van der Waals surface area contributed by atoms with Crippen molar-refractivity contribution >= 4 is 46.2 Å². The second-order valence-electron chi connectivity index (χ2n) is 5.64. The second-order valence-corrected chi connectivity index (χ2v) is 7.11. The van der Waals surface area contributed by atoms with Crippen molar-refractivity contribution in [3.05, 3.63) is 63.0 Å². The highest BCUT2D eigenvalue weighted by atomic mass is 35.5.